The van der Waals surface area contributed by atoms with Gasteiger partial charge < -0.3 is 5.11 Å². The van der Waals surface area contributed by atoms with Crippen LogP contribution in [0.4, 0.5) is 0 Å². The van der Waals surface area contributed by atoms with Crippen LogP contribution < -0.4 is 0 Å². The van der Waals surface area contributed by atoms with Gasteiger partial charge in [0.15, 0.2) is 0 Å². The summed E-state index contributed by atoms with van der Waals surface area (Å²) in [6, 6.07) is 0. The van der Waals surface area contributed by atoms with Crippen molar-refractivity contribution >= 4 is 5.78 Å². The number of carbonyl (C=O) groups is 1. The standard InChI is InChI=1S/C21H34O2/c1-13(22)17-6-7-18-16-5-4-14-12-15(23)8-10-20(14,2)19(16)9-11-21(17,18)3/h14-19,23H,4-12H2,1-3H3/t14?,15?,16-,17+,18-,19?,20-,21+/m0/s1. The van der Waals surface area contributed by atoms with Crippen LogP contribution in [0.5, 0.6) is 0 Å². The molecule has 4 saturated carbocycles. The maximum absolute atomic E-state index is 12.2. The predicted molar refractivity (Wildman–Crippen MR) is 91.9 cm³/mol. The zero-order valence-electron chi connectivity index (χ0n) is 15.2. The lowest BCUT2D eigenvalue weighted by atomic mass is 9.44. The number of ketones is 1. The molecule has 4 fully saturated rings. The molecule has 0 heterocycles. The molecule has 0 radical (unpaired) electrons. The summed E-state index contributed by atoms with van der Waals surface area (Å²) in [7, 11) is 0. The molecule has 0 aromatic heterocycles. The largest absolute Gasteiger partial charge is 0.393 e. The second-order valence-corrected chi connectivity index (χ2v) is 9.87. The smallest absolute Gasteiger partial charge is 0.133 e. The van der Waals surface area contributed by atoms with Crippen molar-refractivity contribution in [3.63, 3.8) is 0 Å². The summed E-state index contributed by atoms with van der Waals surface area (Å²) in [4.78, 5) is 12.2. The van der Waals surface area contributed by atoms with Crippen molar-refractivity contribution < 1.29 is 9.90 Å². The lowest BCUT2D eigenvalue weighted by molar-refractivity contribution is -0.138. The lowest BCUT2D eigenvalue weighted by Gasteiger charge is -2.60. The van der Waals surface area contributed by atoms with Gasteiger partial charge in [-0.3, -0.25) is 4.79 Å². The minimum absolute atomic E-state index is 0.0490. The van der Waals surface area contributed by atoms with E-state index in [2.05, 4.69) is 13.8 Å². The van der Waals surface area contributed by atoms with E-state index in [1.165, 1.54) is 38.5 Å². The third kappa shape index (κ3) is 2.19. The molecular formula is C21H34O2. The minimum Gasteiger partial charge on any atom is -0.393 e. The first-order valence-electron chi connectivity index (χ1n) is 10.0. The Morgan fingerprint density at radius 3 is 2.35 bits per heavy atom. The second-order valence-electron chi connectivity index (χ2n) is 9.87. The highest BCUT2D eigenvalue weighted by Gasteiger charge is 2.60. The van der Waals surface area contributed by atoms with Gasteiger partial charge in [-0.25, -0.2) is 0 Å². The average Bonchev–Trinajstić information content (AvgIpc) is 2.85. The van der Waals surface area contributed by atoms with Crippen molar-refractivity contribution in [1.82, 2.24) is 0 Å². The monoisotopic (exact) mass is 318 g/mol. The van der Waals surface area contributed by atoms with E-state index in [1.54, 1.807) is 0 Å². The zero-order valence-corrected chi connectivity index (χ0v) is 15.2. The molecule has 23 heavy (non-hydrogen) atoms. The number of fused-ring (bicyclic) bond motifs is 5. The molecule has 130 valence electrons. The Kier molecular flexibility index (Phi) is 3.72. The summed E-state index contributed by atoms with van der Waals surface area (Å²) >= 11 is 0. The first-order valence-corrected chi connectivity index (χ1v) is 10.0. The number of aliphatic hydroxyl groups excluding tert-OH is 1. The van der Waals surface area contributed by atoms with Crippen LogP contribution in [0.1, 0.15) is 78.6 Å². The van der Waals surface area contributed by atoms with Crippen molar-refractivity contribution in [2.24, 2.45) is 40.4 Å². The van der Waals surface area contributed by atoms with Crippen molar-refractivity contribution in [3.8, 4) is 0 Å². The summed E-state index contributed by atoms with van der Waals surface area (Å²) < 4.78 is 0. The Morgan fingerprint density at radius 2 is 1.61 bits per heavy atom. The van der Waals surface area contributed by atoms with Crippen LogP contribution >= 0.6 is 0 Å². The van der Waals surface area contributed by atoms with Crippen LogP contribution in [0.3, 0.4) is 0 Å². The van der Waals surface area contributed by atoms with Crippen LogP contribution in [0, 0.1) is 40.4 Å². The second kappa shape index (κ2) is 5.31. The molecule has 3 unspecified atom stereocenters. The van der Waals surface area contributed by atoms with Gasteiger partial charge in [0, 0.05) is 5.92 Å². The van der Waals surface area contributed by atoms with E-state index < -0.39 is 0 Å². The van der Waals surface area contributed by atoms with Gasteiger partial charge >= 0.3 is 0 Å². The fourth-order valence-corrected chi connectivity index (χ4v) is 7.90. The van der Waals surface area contributed by atoms with Gasteiger partial charge in [0.25, 0.3) is 0 Å². The van der Waals surface area contributed by atoms with Crippen molar-refractivity contribution in [3.05, 3.63) is 0 Å². The van der Waals surface area contributed by atoms with Gasteiger partial charge in [-0.15, -0.1) is 0 Å². The SMILES string of the molecule is CC(=O)[C@H]1CC[C@H]2[C@@H]3CCC4CC(O)CC[C@]4(C)C3CC[C@]12C. The molecule has 0 amide bonds. The molecule has 4 aliphatic rings. The van der Waals surface area contributed by atoms with Gasteiger partial charge in [-0.2, -0.15) is 0 Å². The molecule has 0 saturated heterocycles. The summed E-state index contributed by atoms with van der Waals surface area (Å²) in [5.41, 5.74) is 0.738. The zero-order chi connectivity index (χ0) is 16.4. The van der Waals surface area contributed by atoms with Gasteiger partial charge in [0.05, 0.1) is 6.10 Å². The van der Waals surface area contributed by atoms with E-state index in [0.717, 1.165) is 42.9 Å². The molecule has 0 aromatic carbocycles. The van der Waals surface area contributed by atoms with Gasteiger partial charge in [-0.1, -0.05) is 13.8 Å². The lowest BCUT2D eigenvalue weighted by Crippen LogP contribution is -2.54. The highest BCUT2D eigenvalue weighted by molar-refractivity contribution is 5.79. The molecule has 1 N–H and O–H groups in total. The van der Waals surface area contributed by atoms with Crippen LogP contribution in [0.2, 0.25) is 0 Å². The number of hydrogen-bond donors (Lipinski definition) is 1. The Morgan fingerprint density at radius 1 is 0.913 bits per heavy atom. The number of aliphatic hydroxyl groups is 1. The first kappa shape index (κ1) is 16.1. The molecule has 0 bridgehead atoms. The molecule has 4 aliphatic carbocycles. The highest BCUT2D eigenvalue weighted by Crippen LogP contribution is 2.67. The van der Waals surface area contributed by atoms with Crippen molar-refractivity contribution in [2.45, 2.75) is 84.7 Å². The van der Waals surface area contributed by atoms with E-state index in [9.17, 15) is 9.90 Å². The third-order valence-electron chi connectivity index (χ3n) is 9.13. The molecular weight excluding hydrogens is 284 g/mol. The Labute approximate surface area is 141 Å². The topological polar surface area (TPSA) is 37.3 Å². The Hall–Kier alpha value is -0.370. The quantitative estimate of drug-likeness (QED) is 0.767. The fourth-order valence-electron chi connectivity index (χ4n) is 7.90. The molecule has 4 rings (SSSR count). The van der Waals surface area contributed by atoms with Gasteiger partial charge in [-0.05, 0) is 99.2 Å². The average molecular weight is 319 g/mol. The van der Waals surface area contributed by atoms with Gasteiger partial charge in [0.1, 0.15) is 5.78 Å². The highest BCUT2D eigenvalue weighted by atomic mass is 16.3. The summed E-state index contributed by atoms with van der Waals surface area (Å²) in [6.45, 7) is 6.80. The Bertz CT molecular complexity index is 500. The van der Waals surface area contributed by atoms with E-state index in [0.29, 0.717) is 17.1 Å². The minimum atomic E-state index is -0.0490. The normalized spacial score (nSPS) is 55.7. The summed E-state index contributed by atoms with van der Waals surface area (Å²) in [5, 5.41) is 10.1. The van der Waals surface area contributed by atoms with E-state index >= 15 is 0 Å². The van der Waals surface area contributed by atoms with Crippen LogP contribution in [0.25, 0.3) is 0 Å². The predicted octanol–water partition coefficient (Wildman–Crippen LogP) is 4.60. The molecule has 0 spiro atoms. The third-order valence-corrected chi connectivity index (χ3v) is 9.13. The number of rotatable bonds is 1. The first-order chi connectivity index (χ1) is 10.9. The molecule has 0 aliphatic heterocycles. The molecule has 0 aromatic rings. The number of carbonyl (C=O) groups excluding carboxylic acids is 1. The van der Waals surface area contributed by atoms with E-state index in [4.69, 9.17) is 0 Å². The van der Waals surface area contributed by atoms with E-state index in [1.807, 2.05) is 6.92 Å². The molecule has 8 atom stereocenters. The Balaban J connectivity index is 1.61. The number of hydrogen-bond acceptors (Lipinski definition) is 2. The number of Topliss-reactive ketones (excluding diaryl/α,β-unsaturated/α-hetero) is 1. The van der Waals surface area contributed by atoms with Gasteiger partial charge in [0.2, 0.25) is 0 Å². The van der Waals surface area contributed by atoms with Crippen molar-refractivity contribution in [2.75, 3.05) is 0 Å². The van der Waals surface area contributed by atoms with Crippen molar-refractivity contribution in [1.29, 1.82) is 0 Å². The van der Waals surface area contributed by atoms with Crippen LogP contribution in [-0.4, -0.2) is 17.0 Å². The maximum Gasteiger partial charge on any atom is 0.133 e. The molecule has 2 heteroatoms. The fraction of sp³-hybridized carbons (Fsp3) is 0.952. The van der Waals surface area contributed by atoms with Crippen LogP contribution in [-0.2, 0) is 4.79 Å². The van der Waals surface area contributed by atoms with E-state index in [-0.39, 0.29) is 11.5 Å². The summed E-state index contributed by atoms with van der Waals surface area (Å²) in [6.07, 6.45) is 10.9. The molecule has 2 nitrogen and oxygen atoms in total. The van der Waals surface area contributed by atoms with Crippen LogP contribution in [0.15, 0.2) is 0 Å². The maximum atomic E-state index is 12.2. The summed E-state index contributed by atoms with van der Waals surface area (Å²) in [5.74, 6) is 3.97.